The molecule has 1 N–H and O–H groups in total. The summed E-state index contributed by atoms with van der Waals surface area (Å²) in [5.41, 5.74) is -0.671. The van der Waals surface area contributed by atoms with Gasteiger partial charge in [0.15, 0.2) is 0 Å². The molecule has 4 heteroatoms. The van der Waals surface area contributed by atoms with Gasteiger partial charge in [-0.25, -0.2) is 0 Å². The first kappa shape index (κ1) is 22.1. The summed E-state index contributed by atoms with van der Waals surface area (Å²) in [6.07, 6.45) is 13.5. The molecule has 2 fully saturated rings. The van der Waals surface area contributed by atoms with Crippen LogP contribution in [0.2, 0.25) is 0 Å². The number of carbonyl (C=O) groups is 3. The molecule has 0 bridgehead atoms. The summed E-state index contributed by atoms with van der Waals surface area (Å²) in [7, 11) is 0. The van der Waals surface area contributed by atoms with E-state index >= 15 is 0 Å². The van der Waals surface area contributed by atoms with E-state index in [2.05, 4.69) is 0 Å². The molecule has 0 saturated heterocycles. The van der Waals surface area contributed by atoms with Gasteiger partial charge in [-0.3, -0.25) is 14.4 Å². The lowest BCUT2D eigenvalue weighted by atomic mass is 9.75. The molecule has 2 saturated carbocycles. The molecule has 0 aromatic carbocycles. The Morgan fingerprint density at radius 3 is 2.11 bits per heavy atom. The van der Waals surface area contributed by atoms with Crippen molar-refractivity contribution < 1.29 is 19.5 Å². The van der Waals surface area contributed by atoms with Crippen molar-refractivity contribution in [1.29, 1.82) is 0 Å². The second kappa shape index (κ2) is 10.4. The van der Waals surface area contributed by atoms with Gasteiger partial charge in [0.25, 0.3) is 0 Å². The van der Waals surface area contributed by atoms with Gasteiger partial charge in [-0.1, -0.05) is 32.1 Å². The Morgan fingerprint density at radius 1 is 0.889 bits per heavy atom. The van der Waals surface area contributed by atoms with Gasteiger partial charge in [-0.05, 0) is 65.2 Å². The molecule has 0 spiro atoms. The van der Waals surface area contributed by atoms with E-state index in [1.54, 1.807) is 13.8 Å². The van der Waals surface area contributed by atoms with E-state index < -0.39 is 11.4 Å². The van der Waals surface area contributed by atoms with Crippen LogP contribution in [-0.2, 0) is 14.4 Å². The van der Waals surface area contributed by atoms with Crippen LogP contribution in [-0.4, -0.2) is 22.6 Å². The number of hydrogen-bond donors (Lipinski definition) is 1. The summed E-state index contributed by atoms with van der Waals surface area (Å²) in [6, 6.07) is 0. The smallest absolute Gasteiger partial charge is 0.309 e. The molecular weight excluding hydrogens is 340 g/mol. The zero-order chi connectivity index (χ0) is 19.9. The summed E-state index contributed by atoms with van der Waals surface area (Å²) in [6.45, 7) is 3.54. The van der Waals surface area contributed by atoms with Gasteiger partial charge in [0.1, 0.15) is 11.6 Å². The molecule has 27 heavy (non-hydrogen) atoms. The third-order valence-corrected chi connectivity index (χ3v) is 6.88. The lowest BCUT2D eigenvalue weighted by molar-refractivity contribution is -0.147. The van der Waals surface area contributed by atoms with Crippen LogP contribution in [0.3, 0.4) is 0 Å². The van der Waals surface area contributed by atoms with Crippen molar-refractivity contribution in [2.24, 2.45) is 23.2 Å². The largest absolute Gasteiger partial charge is 0.481 e. The Morgan fingerprint density at radius 2 is 1.48 bits per heavy atom. The van der Waals surface area contributed by atoms with Crippen molar-refractivity contribution >= 4 is 17.5 Å². The number of carbonyl (C=O) groups excluding carboxylic acids is 2. The van der Waals surface area contributed by atoms with Gasteiger partial charge in [-0.2, -0.15) is 0 Å². The highest BCUT2D eigenvalue weighted by Crippen LogP contribution is 2.34. The van der Waals surface area contributed by atoms with E-state index in [0.29, 0.717) is 18.0 Å². The fourth-order valence-corrected chi connectivity index (χ4v) is 4.84. The summed E-state index contributed by atoms with van der Waals surface area (Å²) >= 11 is 0. The minimum atomic E-state index is -0.743. The maximum Gasteiger partial charge on any atom is 0.309 e. The minimum absolute atomic E-state index is 0.174. The molecule has 0 aromatic heterocycles. The highest BCUT2D eigenvalue weighted by Gasteiger charge is 2.31. The van der Waals surface area contributed by atoms with Crippen molar-refractivity contribution in [3.8, 4) is 0 Å². The second-order valence-electron chi connectivity index (χ2n) is 9.50. The molecule has 4 nitrogen and oxygen atoms in total. The number of hydrogen-bond acceptors (Lipinski definition) is 3. The van der Waals surface area contributed by atoms with Crippen LogP contribution < -0.4 is 0 Å². The zero-order valence-corrected chi connectivity index (χ0v) is 17.3. The maximum atomic E-state index is 12.8. The molecule has 0 radical (unpaired) electrons. The summed E-state index contributed by atoms with van der Waals surface area (Å²) < 4.78 is 0. The Labute approximate surface area is 164 Å². The Hall–Kier alpha value is -1.19. The number of rotatable bonds is 10. The summed E-state index contributed by atoms with van der Waals surface area (Å²) in [4.78, 5) is 35.9. The fraction of sp³-hybridized carbons (Fsp3) is 0.870. The first-order valence-electron chi connectivity index (χ1n) is 11.1. The van der Waals surface area contributed by atoms with Gasteiger partial charge in [-0.15, -0.1) is 0 Å². The third kappa shape index (κ3) is 6.73. The molecule has 2 aliphatic rings. The number of carboxylic acid groups (broad SMARTS) is 1. The lowest BCUT2D eigenvalue weighted by Gasteiger charge is -2.29. The van der Waals surface area contributed by atoms with Gasteiger partial charge < -0.3 is 5.11 Å². The molecule has 154 valence electrons. The topological polar surface area (TPSA) is 71.4 Å². The molecule has 0 amide bonds. The van der Waals surface area contributed by atoms with Crippen molar-refractivity contribution in [3.63, 3.8) is 0 Å². The summed E-state index contributed by atoms with van der Waals surface area (Å²) in [5, 5.41) is 9.18. The SMILES string of the molecule is CC(C)(CCCCC1CCCC(CCCC2CCCCC2=O)C1=O)C(=O)O. The predicted molar refractivity (Wildman–Crippen MR) is 107 cm³/mol. The monoisotopic (exact) mass is 378 g/mol. The van der Waals surface area contributed by atoms with Crippen molar-refractivity contribution in [2.45, 2.75) is 104 Å². The Balaban J connectivity index is 1.68. The Kier molecular flexibility index (Phi) is 8.50. The first-order chi connectivity index (χ1) is 12.8. The van der Waals surface area contributed by atoms with Crippen LogP contribution in [0, 0.1) is 23.2 Å². The molecule has 2 aliphatic carbocycles. The predicted octanol–water partition coefficient (Wildman–Crippen LogP) is 5.57. The number of carboxylic acids is 1. The standard InChI is InChI=1S/C23H38O4/c1-23(2,22(26)27)16-6-5-10-18-13-8-14-19(21(18)25)12-7-11-17-9-3-4-15-20(17)24/h17-19H,3-16H2,1-2H3,(H,26,27). The number of unbranched alkanes of at least 4 members (excludes halogenated alkanes) is 1. The fourth-order valence-electron chi connectivity index (χ4n) is 4.84. The van der Waals surface area contributed by atoms with Crippen LogP contribution in [0.4, 0.5) is 0 Å². The van der Waals surface area contributed by atoms with E-state index in [0.717, 1.165) is 77.0 Å². The van der Waals surface area contributed by atoms with E-state index in [-0.39, 0.29) is 17.8 Å². The normalized spacial score (nSPS) is 27.0. The molecular formula is C23H38O4. The average Bonchev–Trinajstić information content (AvgIpc) is 2.62. The Bertz CT molecular complexity index is 522. The van der Waals surface area contributed by atoms with Gasteiger partial charge in [0, 0.05) is 24.2 Å². The first-order valence-corrected chi connectivity index (χ1v) is 11.1. The average molecular weight is 379 g/mol. The van der Waals surface area contributed by atoms with Crippen molar-refractivity contribution in [1.82, 2.24) is 0 Å². The van der Waals surface area contributed by atoms with E-state index in [4.69, 9.17) is 0 Å². The van der Waals surface area contributed by atoms with E-state index in [1.165, 1.54) is 6.42 Å². The molecule has 0 aromatic rings. The van der Waals surface area contributed by atoms with Crippen molar-refractivity contribution in [2.75, 3.05) is 0 Å². The number of ketones is 2. The van der Waals surface area contributed by atoms with Crippen molar-refractivity contribution in [3.05, 3.63) is 0 Å². The van der Waals surface area contributed by atoms with Crippen LogP contribution >= 0.6 is 0 Å². The van der Waals surface area contributed by atoms with Crippen LogP contribution in [0.1, 0.15) is 104 Å². The van der Waals surface area contributed by atoms with Gasteiger partial charge in [0.2, 0.25) is 0 Å². The maximum absolute atomic E-state index is 12.8. The molecule has 3 atom stereocenters. The van der Waals surface area contributed by atoms with Crippen LogP contribution in [0.25, 0.3) is 0 Å². The molecule has 3 unspecified atom stereocenters. The zero-order valence-electron chi connectivity index (χ0n) is 17.3. The second-order valence-corrected chi connectivity index (χ2v) is 9.50. The molecule has 0 aliphatic heterocycles. The highest BCUT2D eigenvalue weighted by atomic mass is 16.4. The third-order valence-electron chi connectivity index (χ3n) is 6.88. The molecule has 0 heterocycles. The number of aliphatic carboxylic acids is 1. The minimum Gasteiger partial charge on any atom is -0.481 e. The lowest BCUT2D eigenvalue weighted by Crippen LogP contribution is -2.29. The van der Waals surface area contributed by atoms with E-state index in [1.807, 2.05) is 0 Å². The van der Waals surface area contributed by atoms with Crippen LogP contribution in [0.15, 0.2) is 0 Å². The van der Waals surface area contributed by atoms with Gasteiger partial charge in [0.05, 0.1) is 5.41 Å². The van der Waals surface area contributed by atoms with Crippen LogP contribution in [0.5, 0.6) is 0 Å². The summed E-state index contributed by atoms with van der Waals surface area (Å²) in [5.74, 6) is 0.761. The highest BCUT2D eigenvalue weighted by molar-refractivity contribution is 5.84. The quantitative estimate of drug-likeness (QED) is 0.504. The van der Waals surface area contributed by atoms with Gasteiger partial charge >= 0.3 is 5.97 Å². The number of Topliss-reactive ketones (excluding diaryl/α,β-unsaturated/α-hetero) is 2. The molecule has 2 rings (SSSR count). The van der Waals surface area contributed by atoms with E-state index in [9.17, 15) is 19.5 Å².